The topological polar surface area (TPSA) is 40.5 Å². The lowest BCUT2D eigenvalue weighted by molar-refractivity contribution is -0.132. The van der Waals surface area contributed by atoms with Gasteiger partial charge in [0.2, 0.25) is 5.91 Å². The summed E-state index contributed by atoms with van der Waals surface area (Å²) in [5.74, 6) is 0.0648. The molecule has 23 heavy (non-hydrogen) atoms. The first-order valence-corrected chi connectivity index (χ1v) is 8.24. The summed E-state index contributed by atoms with van der Waals surface area (Å²) in [7, 11) is 0. The van der Waals surface area contributed by atoms with Crippen LogP contribution in [0.15, 0.2) is 54.6 Å². The molecule has 1 N–H and O–H groups in total. The first-order valence-electron chi connectivity index (χ1n) is 7.86. The Labute approximate surface area is 142 Å². The summed E-state index contributed by atoms with van der Waals surface area (Å²) in [6, 6.07) is 17.6. The fourth-order valence-electron chi connectivity index (χ4n) is 2.51. The van der Waals surface area contributed by atoms with Crippen molar-refractivity contribution in [3.05, 3.63) is 70.7 Å². The molecule has 0 fully saturated rings. The van der Waals surface area contributed by atoms with Crippen LogP contribution in [0.5, 0.6) is 0 Å². The van der Waals surface area contributed by atoms with E-state index in [0.717, 1.165) is 18.4 Å². The van der Waals surface area contributed by atoms with Gasteiger partial charge in [-0.3, -0.25) is 4.79 Å². The Bertz CT molecular complexity index is 616. The van der Waals surface area contributed by atoms with E-state index in [9.17, 15) is 9.90 Å². The molecule has 1 amide bonds. The number of halogens is 1. The molecule has 0 spiro atoms. The number of amides is 1. The zero-order valence-corrected chi connectivity index (χ0v) is 13.9. The summed E-state index contributed by atoms with van der Waals surface area (Å²) >= 11 is 5.98. The lowest BCUT2D eigenvalue weighted by Gasteiger charge is -2.22. The first kappa shape index (κ1) is 17.5. The summed E-state index contributed by atoms with van der Waals surface area (Å²) in [5.41, 5.74) is 2.21. The van der Waals surface area contributed by atoms with Crippen LogP contribution in [0.4, 0.5) is 0 Å². The van der Waals surface area contributed by atoms with Crippen LogP contribution in [0, 0.1) is 0 Å². The second-order valence-electron chi connectivity index (χ2n) is 5.51. The number of rotatable bonds is 8. The highest BCUT2D eigenvalue weighted by Gasteiger charge is 2.13. The van der Waals surface area contributed by atoms with Gasteiger partial charge >= 0.3 is 0 Å². The molecule has 122 valence electrons. The van der Waals surface area contributed by atoms with Crippen molar-refractivity contribution < 1.29 is 9.90 Å². The van der Waals surface area contributed by atoms with E-state index in [-0.39, 0.29) is 12.5 Å². The third-order valence-corrected chi connectivity index (χ3v) is 3.92. The fraction of sp³-hybridized carbons (Fsp3) is 0.316. The molecule has 0 aliphatic heterocycles. The summed E-state index contributed by atoms with van der Waals surface area (Å²) in [6.45, 7) is 0.785. The predicted octanol–water partition coefficient (Wildman–Crippen LogP) is 3.68. The third kappa shape index (κ3) is 6.05. The fourth-order valence-corrected chi connectivity index (χ4v) is 2.73. The summed E-state index contributed by atoms with van der Waals surface area (Å²) < 4.78 is 0. The van der Waals surface area contributed by atoms with Crippen LogP contribution in [-0.4, -0.2) is 29.1 Å². The van der Waals surface area contributed by atoms with Gasteiger partial charge in [-0.1, -0.05) is 54.1 Å². The van der Waals surface area contributed by atoms with Crippen LogP contribution in [0.2, 0.25) is 5.02 Å². The van der Waals surface area contributed by atoms with Crippen LogP contribution in [0.3, 0.4) is 0 Å². The van der Waals surface area contributed by atoms with E-state index in [0.29, 0.717) is 24.5 Å². The maximum absolute atomic E-state index is 12.4. The summed E-state index contributed by atoms with van der Waals surface area (Å²) in [5, 5.41) is 9.86. The van der Waals surface area contributed by atoms with Gasteiger partial charge < -0.3 is 10.0 Å². The molecule has 0 aromatic heterocycles. The van der Waals surface area contributed by atoms with Gasteiger partial charge in [-0.15, -0.1) is 0 Å². The molecule has 0 aliphatic rings. The molecule has 0 radical (unpaired) electrons. The predicted molar refractivity (Wildman–Crippen MR) is 93.3 cm³/mol. The molecule has 0 heterocycles. The Balaban J connectivity index is 1.87. The minimum Gasteiger partial charge on any atom is -0.395 e. The molecule has 0 bridgehead atoms. The Morgan fingerprint density at radius 2 is 1.78 bits per heavy atom. The van der Waals surface area contributed by atoms with E-state index in [2.05, 4.69) is 12.1 Å². The maximum atomic E-state index is 12.4. The van der Waals surface area contributed by atoms with Crippen molar-refractivity contribution in [2.75, 3.05) is 13.2 Å². The van der Waals surface area contributed by atoms with Crippen molar-refractivity contribution >= 4 is 17.5 Å². The smallest absolute Gasteiger partial charge is 0.222 e. The zero-order chi connectivity index (χ0) is 16.5. The zero-order valence-electron chi connectivity index (χ0n) is 13.1. The van der Waals surface area contributed by atoms with Crippen molar-refractivity contribution in [3.8, 4) is 0 Å². The molecule has 2 rings (SSSR count). The van der Waals surface area contributed by atoms with Gasteiger partial charge in [0.25, 0.3) is 0 Å². The molecule has 4 heteroatoms. The van der Waals surface area contributed by atoms with E-state index >= 15 is 0 Å². The lowest BCUT2D eigenvalue weighted by atomic mass is 10.1. The van der Waals surface area contributed by atoms with Crippen molar-refractivity contribution in [2.45, 2.75) is 25.8 Å². The average Bonchev–Trinajstić information content (AvgIpc) is 2.55. The Hall–Kier alpha value is -1.84. The monoisotopic (exact) mass is 331 g/mol. The molecular formula is C19H22ClNO2. The van der Waals surface area contributed by atoms with Crippen LogP contribution in [0.25, 0.3) is 0 Å². The number of carbonyl (C=O) groups is 1. The van der Waals surface area contributed by atoms with Gasteiger partial charge in [0.15, 0.2) is 0 Å². The number of aliphatic hydroxyl groups excluding tert-OH is 1. The molecule has 0 unspecified atom stereocenters. The number of hydrogen-bond acceptors (Lipinski definition) is 2. The highest BCUT2D eigenvalue weighted by molar-refractivity contribution is 6.30. The molecule has 0 saturated carbocycles. The average molecular weight is 332 g/mol. The highest BCUT2D eigenvalue weighted by Crippen LogP contribution is 2.14. The second kappa shape index (κ2) is 9.33. The van der Waals surface area contributed by atoms with Gasteiger partial charge in [0, 0.05) is 24.5 Å². The van der Waals surface area contributed by atoms with Crippen molar-refractivity contribution in [1.29, 1.82) is 0 Å². The van der Waals surface area contributed by atoms with Gasteiger partial charge in [0.1, 0.15) is 0 Å². The third-order valence-electron chi connectivity index (χ3n) is 3.68. The molecule has 0 aliphatic carbocycles. The van der Waals surface area contributed by atoms with E-state index < -0.39 is 0 Å². The Kier molecular flexibility index (Phi) is 7.11. The quantitative estimate of drug-likeness (QED) is 0.801. The van der Waals surface area contributed by atoms with Gasteiger partial charge in [-0.25, -0.2) is 0 Å². The van der Waals surface area contributed by atoms with Crippen molar-refractivity contribution in [1.82, 2.24) is 4.90 Å². The van der Waals surface area contributed by atoms with Gasteiger partial charge in [0.05, 0.1) is 6.61 Å². The minimum atomic E-state index is -0.0367. The SMILES string of the molecule is O=C(CCCc1ccccc1)N(CCO)Cc1cccc(Cl)c1. The van der Waals surface area contributed by atoms with Crippen LogP contribution in [-0.2, 0) is 17.8 Å². The normalized spacial score (nSPS) is 10.5. The van der Waals surface area contributed by atoms with Crippen LogP contribution < -0.4 is 0 Å². The molecule has 0 saturated heterocycles. The number of hydrogen-bond donors (Lipinski definition) is 1. The van der Waals surface area contributed by atoms with E-state index in [4.69, 9.17) is 11.6 Å². The Morgan fingerprint density at radius 1 is 1.04 bits per heavy atom. The van der Waals surface area contributed by atoms with Crippen LogP contribution in [0.1, 0.15) is 24.0 Å². The second-order valence-corrected chi connectivity index (χ2v) is 5.94. The molecule has 2 aromatic carbocycles. The van der Waals surface area contributed by atoms with E-state index in [1.807, 2.05) is 42.5 Å². The van der Waals surface area contributed by atoms with Crippen molar-refractivity contribution in [2.24, 2.45) is 0 Å². The molecule has 3 nitrogen and oxygen atoms in total. The van der Waals surface area contributed by atoms with Crippen LogP contribution >= 0.6 is 11.6 Å². The largest absolute Gasteiger partial charge is 0.395 e. The molecular weight excluding hydrogens is 310 g/mol. The minimum absolute atomic E-state index is 0.0367. The maximum Gasteiger partial charge on any atom is 0.222 e. The Morgan fingerprint density at radius 3 is 2.48 bits per heavy atom. The highest BCUT2D eigenvalue weighted by atomic mass is 35.5. The van der Waals surface area contributed by atoms with E-state index in [1.54, 1.807) is 4.90 Å². The number of carbonyl (C=O) groups excluding carboxylic acids is 1. The summed E-state index contributed by atoms with van der Waals surface area (Å²) in [4.78, 5) is 14.1. The lowest BCUT2D eigenvalue weighted by Crippen LogP contribution is -2.33. The molecule has 2 aromatic rings. The molecule has 0 atom stereocenters. The first-order chi connectivity index (χ1) is 11.2. The standard InChI is InChI=1S/C19H22ClNO2/c20-18-10-4-9-17(14-18)15-21(12-13-22)19(23)11-5-8-16-6-2-1-3-7-16/h1-4,6-7,9-10,14,22H,5,8,11-13,15H2. The number of aliphatic hydroxyl groups is 1. The van der Waals surface area contributed by atoms with Crippen molar-refractivity contribution in [3.63, 3.8) is 0 Å². The van der Waals surface area contributed by atoms with Gasteiger partial charge in [-0.05, 0) is 36.1 Å². The number of benzene rings is 2. The number of aryl methyl sites for hydroxylation is 1. The number of nitrogens with zero attached hydrogens (tertiary/aromatic N) is 1. The van der Waals surface area contributed by atoms with E-state index in [1.165, 1.54) is 5.56 Å². The summed E-state index contributed by atoms with van der Waals surface area (Å²) in [6.07, 6.45) is 2.17. The van der Waals surface area contributed by atoms with Gasteiger partial charge in [-0.2, -0.15) is 0 Å².